The Morgan fingerprint density at radius 3 is 2.07 bits per heavy atom. The van der Waals surface area contributed by atoms with Crippen molar-refractivity contribution in [3.8, 4) is 0 Å². The van der Waals surface area contributed by atoms with Crippen molar-refractivity contribution in [3.63, 3.8) is 0 Å². The van der Waals surface area contributed by atoms with E-state index >= 15 is 0 Å². The Bertz CT molecular complexity index is 206. The first-order valence-corrected chi connectivity index (χ1v) is 5.54. The van der Waals surface area contributed by atoms with Crippen molar-refractivity contribution in [2.75, 3.05) is 7.05 Å². The minimum Gasteiger partial charge on any atom is -0.346 e. The van der Waals surface area contributed by atoms with Gasteiger partial charge in [-0.15, -0.1) is 0 Å². The Morgan fingerprint density at radius 2 is 1.73 bits per heavy atom. The van der Waals surface area contributed by atoms with Crippen LogP contribution in [0.2, 0.25) is 0 Å². The molecule has 0 aliphatic rings. The molecule has 0 heterocycles. The van der Waals surface area contributed by atoms with Crippen molar-refractivity contribution in [2.24, 2.45) is 0 Å². The molecule has 0 spiro atoms. The molecule has 0 aliphatic heterocycles. The Labute approximate surface area is 94.2 Å². The molecule has 0 radical (unpaired) electrons. The van der Waals surface area contributed by atoms with Crippen LogP contribution in [-0.4, -0.2) is 35.5 Å². The molecule has 1 atom stereocenters. The SMILES string of the molecule is CC(CC(C)(C)NC(C)(C)C)N(C)C=O. The molecule has 0 fully saturated rings. The molecular weight excluding hydrogens is 188 g/mol. The third kappa shape index (κ3) is 6.50. The van der Waals surface area contributed by atoms with E-state index in [4.69, 9.17) is 0 Å². The van der Waals surface area contributed by atoms with Crippen molar-refractivity contribution >= 4 is 6.41 Å². The second-order valence-electron chi connectivity index (χ2n) is 6.08. The van der Waals surface area contributed by atoms with Crippen LogP contribution in [-0.2, 0) is 4.79 Å². The predicted octanol–water partition coefficient (Wildman–Crippen LogP) is 2.02. The summed E-state index contributed by atoms with van der Waals surface area (Å²) in [6, 6.07) is 0.257. The quantitative estimate of drug-likeness (QED) is 0.710. The van der Waals surface area contributed by atoms with Crippen LogP contribution in [0.1, 0.15) is 48.0 Å². The lowest BCUT2D eigenvalue weighted by molar-refractivity contribution is -0.118. The molecule has 15 heavy (non-hydrogen) atoms. The van der Waals surface area contributed by atoms with Gasteiger partial charge >= 0.3 is 0 Å². The maximum atomic E-state index is 10.6. The average molecular weight is 214 g/mol. The molecule has 0 saturated carbocycles. The summed E-state index contributed by atoms with van der Waals surface area (Å²) in [5.74, 6) is 0. The highest BCUT2D eigenvalue weighted by atomic mass is 16.1. The zero-order chi connectivity index (χ0) is 12.3. The van der Waals surface area contributed by atoms with Crippen LogP contribution in [0.5, 0.6) is 0 Å². The van der Waals surface area contributed by atoms with Crippen LogP contribution < -0.4 is 5.32 Å². The zero-order valence-electron chi connectivity index (χ0n) is 11.2. The van der Waals surface area contributed by atoms with Gasteiger partial charge in [0.05, 0.1) is 0 Å². The van der Waals surface area contributed by atoms with Gasteiger partial charge in [0.2, 0.25) is 6.41 Å². The summed E-state index contributed by atoms with van der Waals surface area (Å²) in [5.41, 5.74) is 0.137. The molecule has 1 amide bonds. The molecule has 0 aromatic carbocycles. The van der Waals surface area contributed by atoms with Crippen LogP contribution in [0.3, 0.4) is 0 Å². The van der Waals surface area contributed by atoms with Gasteiger partial charge in [-0.1, -0.05) is 0 Å². The third-order valence-electron chi connectivity index (χ3n) is 2.38. The standard InChI is InChI=1S/C12H26N2O/c1-10(14(7)9-15)8-12(5,6)13-11(2,3)4/h9-10,13H,8H2,1-7H3. The highest BCUT2D eigenvalue weighted by molar-refractivity contribution is 5.46. The summed E-state index contributed by atoms with van der Waals surface area (Å²) >= 11 is 0. The zero-order valence-corrected chi connectivity index (χ0v) is 11.2. The van der Waals surface area contributed by atoms with E-state index in [1.165, 1.54) is 0 Å². The summed E-state index contributed by atoms with van der Waals surface area (Å²) in [5, 5.41) is 3.56. The molecule has 0 rings (SSSR count). The van der Waals surface area contributed by atoms with Gasteiger partial charge < -0.3 is 10.2 Å². The monoisotopic (exact) mass is 214 g/mol. The minimum atomic E-state index is 0.0366. The van der Waals surface area contributed by atoms with E-state index in [2.05, 4.69) is 46.9 Å². The molecule has 3 heteroatoms. The normalized spacial score (nSPS) is 14.9. The Balaban J connectivity index is 4.31. The van der Waals surface area contributed by atoms with Crippen molar-refractivity contribution in [2.45, 2.75) is 65.1 Å². The van der Waals surface area contributed by atoms with E-state index in [0.29, 0.717) is 0 Å². The lowest BCUT2D eigenvalue weighted by Gasteiger charge is -2.38. The second kappa shape index (κ2) is 4.97. The van der Waals surface area contributed by atoms with Gasteiger partial charge in [0.25, 0.3) is 0 Å². The summed E-state index contributed by atoms with van der Waals surface area (Å²) in [6.45, 7) is 12.9. The maximum Gasteiger partial charge on any atom is 0.209 e. The number of nitrogens with zero attached hydrogens (tertiary/aromatic N) is 1. The van der Waals surface area contributed by atoms with Crippen molar-refractivity contribution < 1.29 is 4.79 Å². The van der Waals surface area contributed by atoms with Gasteiger partial charge in [-0.05, 0) is 48.0 Å². The largest absolute Gasteiger partial charge is 0.346 e. The average Bonchev–Trinajstić information content (AvgIpc) is 1.96. The van der Waals surface area contributed by atoms with Crippen LogP contribution in [0.4, 0.5) is 0 Å². The first-order valence-electron chi connectivity index (χ1n) is 5.54. The molecule has 3 nitrogen and oxygen atoms in total. The predicted molar refractivity (Wildman–Crippen MR) is 64.9 cm³/mol. The second-order valence-corrected chi connectivity index (χ2v) is 6.08. The highest BCUT2D eigenvalue weighted by Gasteiger charge is 2.26. The summed E-state index contributed by atoms with van der Waals surface area (Å²) in [4.78, 5) is 12.3. The summed E-state index contributed by atoms with van der Waals surface area (Å²) < 4.78 is 0. The van der Waals surface area contributed by atoms with Gasteiger partial charge in [-0.2, -0.15) is 0 Å². The topological polar surface area (TPSA) is 32.3 Å². The fourth-order valence-corrected chi connectivity index (χ4v) is 2.05. The smallest absolute Gasteiger partial charge is 0.209 e. The van der Waals surface area contributed by atoms with E-state index in [0.717, 1.165) is 12.8 Å². The Kier molecular flexibility index (Phi) is 4.78. The fourth-order valence-electron chi connectivity index (χ4n) is 2.05. The van der Waals surface area contributed by atoms with Gasteiger partial charge in [0.1, 0.15) is 0 Å². The first-order chi connectivity index (χ1) is 6.57. The van der Waals surface area contributed by atoms with E-state index in [1.807, 2.05) is 7.05 Å². The van der Waals surface area contributed by atoms with Crippen molar-refractivity contribution in [3.05, 3.63) is 0 Å². The van der Waals surface area contributed by atoms with Crippen LogP contribution in [0, 0.1) is 0 Å². The number of rotatable bonds is 5. The van der Waals surface area contributed by atoms with Crippen LogP contribution in [0.15, 0.2) is 0 Å². The van der Waals surface area contributed by atoms with E-state index < -0.39 is 0 Å². The molecule has 1 unspecified atom stereocenters. The first kappa shape index (κ1) is 14.4. The summed E-state index contributed by atoms with van der Waals surface area (Å²) in [6.07, 6.45) is 1.83. The number of amides is 1. The number of nitrogens with one attached hydrogen (secondary N) is 1. The maximum absolute atomic E-state index is 10.6. The van der Waals surface area contributed by atoms with Gasteiger partial charge in [0.15, 0.2) is 0 Å². The molecule has 0 aromatic heterocycles. The van der Waals surface area contributed by atoms with E-state index in [-0.39, 0.29) is 17.1 Å². The van der Waals surface area contributed by atoms with E-state index in [9.17, 15) is 4.79 Å². The summed E-state index contributed by atoms with van der Waals surface area (Å²) in [7, 11) is 1.82. The lowest BCUT2D eigenvalue weighted by Crippen LogP contribution is -2.52. The number of carbonyl (C=O) groups is 1. The Hall–Kier alpha value is -0.570. The number of hydrogen-bond acceptors (Lipinski definition) is 2. The van der Waals surface area contributed by atoms with Crippen molar-refractivity contribution in [1.29, 1.82) is 0 Å². The Morgan fingerprint density at radius 1 is 1.27 bits per heavy atom. The number of carbonyl (C=O) groups excluding carboxylic acids is 1. The molecule has 0 aromatic rings. The third-order valence-corrected chi connectivity index (χ3v) is 2.38. The van der Waals surface area contributed by atoms with Crippen molar-refractivity contribution in [1.82, 2.24) is 10.2 Å². The minimum absolute atomic E-state index is 0.0366. The molecule has 90 valence electrons. The fraction of sp³-hybridized carbons (Fsp3) is 0.917. The molecule has 1 N–H and O–H groups in total. The van der Waals surface area contributed by atoms with E-state index in [1.54, 1.807) is 4.90 Å². The highest BCUT2D eigenvalue weighted by Crippen LogP contribution is 2.18. The van der Waals surface area contributed by atoms with Gasteiger partial charge in [0, 0.05) is 24.2 Å². The van der Waals surface area contributed by atoms with Crippen LogP contribution in [0.25, 0.3) is 0 Å². The van der Waals surface area contributed by atoms with Crippen LogP contribution >= 0.6 is 0 Å². The molecule has 0 saturated heterocycles. The molecule has 0 aliphatic carbocycles. The number of hydrogen-bond donors (Lipinski definition) is 1. The molecular formula is C12H26N2O. The van der Waals surface area contributed by atoms with Gasteiger partial charge in [-0.3, -0.25) is 4.79 Å². The van der Waals surface area contributed by atoms with Gasteiger partial charge in [-0.25, -0.2) is 0 Å². The molecule has 0 bridgehead atoms. The lowest BCUT2D eigenvalue weighted by atomic mass is 9.92.